The van der Waals surface area contributed by atoms with Crippen LogP contribution in [0.5, 0.6) is 0 Å². The number of halogens is 1. The molecule has 22 heteroatoms. The van der Waals surface area contributed by atoms with Crippen LogP contribution in [0, 0.1) is 0 Å². The van der Waals surface area contributed by atoms with Crippen molar-refractivity contribution < 1.29 is 107 Å². The zero-order valence-electron chi connectivity index (χ0n) is 61.1. The van der Waals surface area contributed by atoms with Gasteiger partial charge in [-0.25, -0.2) is 0 Å². The fourth-order valence-corrected chi connectivity index (χ4v) is 13.2. The minimum absolute atomic E-state index is 0. The van der Waals surface area contributed by atoms with Crippen molar-refractivity contribution in [2.45, 2.75) is 71.1 Å². The third kappa shape index (κ3) is 22.1. The molecule has 8 aromatic carbocycles. The molecule has 4 aromatic heterocycles. The second-order valence-electron chi connectivity index (χ2n) is 25.7. The van der Waals surface area contributed by atoms with Crippen molar-refractivity contribution in [1.82, 2.24) is 0 Å². The Balaban J connectivity index is 0.000000213. The molecule has 0 unspecified atom stereocenters. The van der Waals surface area contributed by atoms with Crippen LogP contribution in [0.2, 0.25) is 0 Å². The van der Waals surface area contributed by atoms with Gasteiger partial charge in [-0.05, 0) is 111 Å². The molecule has 0 radical (unpaired) electrons. The summed E-state index contributed by atoms with van der Waals surface area (Å²) in [6.07, 6.45) is 14.2. The van der Waals surface area contributed by atoms with Gasteiger partial charge in [0.2, 0.25) is 22.1 Å². The van der Waals surface area contributed by atoms with Gasteiger partial charge in [-0.15, -0.1) is 11.6 Å². The number of aromatic nitrogens is 4. The monoisotopic (exact) mass is 1440 g/mol. The Bertz CT molecular complexity index is 4830. The van der Waals surface area contributed by atoms with Gasteiger partial charge in [0.15, 0.2) is 51.0 Å². The topological polar surface area (TPSA) is 181 Å². The smallest absolute Gasteiger partial charge is 1.00 e. The summed E-state index contributed by atoms with van der Waals surface area (Å²) < 4.78 is 49.3. The molecule has 1 aliphatic heterocycles. The van der Waals surface area contributed by atoms with Crippen LogP contribution in [-0.4, -0.2) is 108 Å². The van der Waals surface area contributed by atoms with Crippen LogP contribution in [0.4, 0.5) is 0 Å². The molecule has 105 heavy (non-hydrogen) atoms. The number of hydrogen-bond donors (Lipinski definition) is 5. The first kappa shape index (κ1) is 79.5. The van der Waals surface area contributed by atoms with Gasteiger partial charge < -0.3 is 59.5 Å². The van der Waals surface area contributed by atoms with E-state index in [4.69, 9.17) is 49.5 Å². The first-order chi connectivity index (χ1) is 50.9. The molecule has 1 aliphatic rings. The Morgan fingerprint density at radius 1 is 0.448 bits per heavy atom. The van der Waals surface area contributed by atoms with Gasteiger partial charge in [-0.2, -0.15) is 18.3 Å². The quantitative estimate of drug-likeness (QED) is 0.0123. The van der Waals surface area contributed by atoms with Crippen LogP contribution >= 0.6 is 11.6 Å². The van der Waals surface area contributed by atoms with E-state index in [2.05, 4.69) is 135 Å². The fraction of sp³-hybridized carbons (Fsp3) is 0.229. The third-order valence-corrected chi connectivity index (χ3v) is 18.4. The Morgan fingerprint density at radius 2 is 0.838 bits per heavy atom. The van der Waals surface area contributed by atoms with Crippen molar-refractivity contribution in [3.8, 4) is 0 Å². The zero-order chi connectivity index (χ0) is 72.6. The number of aliphatic hydroxyl groups is 1. The molecule has 12 aromatic rings. The number of pyridine rings is 4. The number of fused-ring (bicyclic) bond motifs is 6. The number of aliphatic hydroxyl groups excluding tert-OH is 1. The number of hydrogen-bond acceptors (Lipinski definition) is 12. The standard InChI is InChI=1S/C39H40B2N2O6.C35H40B2N2O6.C9H9Cl.Na.H/c1-2-29-11-13-30(14-12-29)27-48-19-6-20-49-28-33-21-32(23-35(24-33)41(46)47)26-43-18-5-10-37-36-9-4-17-42(38(36)15-16-39(37)43)25-31-7-3-8-34(22-31)40(44)45;1-41-36(42-2)30-9-3-8-27(21-30)24-38-14-4-10-32-33-11-5-15-39(35(33)13-12-34(32)38)25-28-20-29(26-43-17-6-16-40)23-31(22-28)37-44-18-7-19-45-37;1-2-8-3-5-9(7-10)6-4-8;;/h2-5,7-18,21-24,44-47H,1,6,19-20,25-28H2;3-5,8-15,20-23,40H,6-7,16-19,24-26H2,1-2H3;2-6H,1,7H2;;/q2*+2;;+1;-1. The predicted molar refractivity (Wildman–Crippen MR) is 416 cm³/mol. The molecule has 1 saturated heterocycles. The molecule has 0 saturated carbocycles. The summed E-state index contributed by atoms with van der Waals surface area (Å²) in [4.78, 5) is 0. The summed E-state index contributed by atoms with van der Waals surface area (Å²) in [6, 6.07) is 69.5. The minimum Gasteiger partial charge on any atom is -1.00 e. The Kier molecular flexibility index (Phi) is 30.8. The first-order valence-electron chi connectivity index (χ1n) is 35.1. The number of rotatable bonds is 30. The SMILES string of the molecule is C=Cc1ccc(CCl)cc1.C=Cc1ccc(COCCCOCc2cc(C[n+]3cccc4c5ccc[n+](Cc6cccc(B(O)O)c6)c5ccc43)cc(B(O)O)c2)cc1.COB(OC)c1cccc(C[n+]2cccc3c4ccc[n+](Cc5cc(COCCCO)cc(B6OCCCO6)c5)c4ccc32)c1.[H-].[Na+]. The average Bonchev–Trinajstić information content (AvgIpc) is 0.771. The average molecular weight is 1440 g/mol. The van der Waals surface area contributed by atoms with Crippen molar-refractivity contribution in [1.29, 1.82) is 0 Å². The summed E-state index contributed by atoms with van der Waals surface area (Å²) in [7, 11) is -0.553. The predicted octanol–water partition coefficient (Wildman–Crippen LogP) is 5.66. The van der Waals surface area contributed by atoms with Gasteiger partial charge >= 0.3 is 58.0 Å². The molecule has 0 amide bonds. The van der Waals surface area contributed by atoms with Crippen molar-refractivity contribution in [3.63, 3.8) is 0 Å². The van der Waals surface area contributed by atoms with Crippen LogP contribution in [0.3, 0.4) is 0 Å². The van der Waals surface area contributed by atoms with E-state index in [1.807, 2.05) is 128 Å². The number of nitrogens with zero attached hydrogens (tertiary/aromatic N) is 4. The Morgan fingerprint density at radius 3 is 1.29 bits per heavy atom. The Labute approximate surface area is 645 Å². The van der Waals surface area contributed by atoms with Crippen LogP contribution in [0.25, 0.3) is 55.8 Å². The number of ether oxygens (including phenoxy) is 3. The van der Waals surface area contributed by atoms with Gasteiger partial charge in [-0.3, -0.25) is 0 Å². The molecule has 5 heterocycles. The molecule has 5 N–H and O–H groups in total. The number of alkyl halides is 1. The van der Waals surface area contributed by atoms with E-state index < -0.39 is 14.2 Å². The van der Waals surface area contributed by atoms with Crippen molar-refractivity contribution in [2.24, 2.45) is 0 Å². The molecule has 13 rings (SSSR count). The summed E-state index contributed by atoms with van der Waals surface area (Å²) >= 11 is 5.60. The van der Waals surface area contributed by atoms with Crippen LogP contribution in [0.1, 0.15) is 76.3 Å². The minimum atomic E-state index is -1.59. The zero-order valence-corrected chi connectivity index (χ0v) is 62.9. The summed E-state index contributed by atoms with van der Waals surface area (Å²) in [5.74, 6) is 0.581. The van der Waals surface area contributed by atoms with Gasteiger partial charge in [0.25, 0.3) is 0 Å². The molecule has 16 nitrogen and oxygen atoms in total. The molecule has 530 valence electrons. The second-order valence-corrected chi connectivity index (χ2v) is 25.9. The van der Waals surface area contributed by atoms with E-state index in [1.165, 1.54) is 21.9 Å². The van der Waals surface area contributed by atoms with E-state index in [9.17, 15) is 20.1 Å². The molecule has 0 atom stereocenters. The van der Waals surface area contributed by atoms with E-state index in [1.54, 1.807) is 26.4 Å². The fourth-order valence-electron chi connectivity index (χ4n) is 13.0. The van der Waals surface area contributed by atoms with Gasteiger partial charge in [0.05, 0.1) is 41.4 Å². The maximum atomic E-state index is 10.1. The summed E-state index contributed by atoms with van der Waals surface area (Å²) in [5.41, 5.74) is 17.9. The van der Waals surface area contributed by atoms with E-state index in [0.29, 0.717) is 95.7 Å². The summed E-state index contributed by atoms with van der Waals surface area (Å²) in [5, 5.41) is 53.1. The number of benzene rings is 8. The van der Waals surface area contributed by atoms with Crippen LogP contribution < -0.4 is 69.7 Å². The Hall–Kier alpha value is -8.05. The van der Waals surface area contributed by atoms with E-state index >= 15 is 0 Å². The summed E-state index contributed by atoms with van der Waals surface area (Å²) in [6.45, 7) is 14.4. The molecule has 0 spiro atoms. The van der Waals surface area contributed by atoms with Crippen molar-refractivity contribution in [3.05, 3.63) is 300 Å². The maximum absolute atomic E-state index is 10.1. The van der Waals surface area contributed by atoms with Gasteiger partial charge in [-0.1, -0.05) is 147 Å². The molecule has 1 fully saturated rings. The normalized spacial score (nSPS) is 11.9. The maximum Gasteiger partial charge on any atom is 1.00 e. The van der Waals surface area contributed by atoms with E-state index in [-0.39, 0.29) is 51.8 Å². The van der Waals surface area contributed by atoms with Crippen molar-refractivity contribution >= 4 is 118 Å². The molecule has 0 bridgehead atoms. The first-order valence-corrected chi connectivity index (χ1v) is 35.7. The van der Waals surface area contributed by atoms with E-state index in [0.717, 1.165) is 108 Å². The van der Waals surface area contributed by atoms with Crippen LogP contribution in [-0.2, 0) is 84.7 Å². The van der Waals surface area contributed by atoms with Crippen molar-refractivity contribution in [2.75, 3.05) is 53.9 Å². The molecule has 0 aliphatic carbocycles. The van der Waals surface area contributed by atoms with Crippen LogP contribution in [0.15, 0.2) is 244 Å². The van der Waals surface area contributed by atoms with Gasteiger partial charge in [0, 0.05) is 131 Å². The molecular formula is C83H90B4ClN4NaO12+4. The molecular weight excluding hydrogens is 1350 g/mol. The third-order valence-electron chi connectivity index (χ3n) is 18.1. The second kappa shape index (κ2) is 40.6. The van der Waals surface area contributed by atoms with Gasteiger partial charge in [0.1, 0.15) is 0 Å². The largest absolute Gasteiger partial charge is 1.00 e.